The summed E-state index contributed by atoms with van der Waals surface area (Å²) in [6.45, 7) is 4.14. The Kier molecular flexibility index (Phi) is 2.95. The highest BCUT2D eigenvalue weighted by atomic mass is 35.5. The van der Waals surface area contributed by atoms with Crippen molar-refractivity contribution in [1.82, 2.24) is 0 Å². The molecule has 11 heavy (non-hydrogen) atoms. The van der Waals surface area contributed by atoms with Crippen LogP contribution in [0.1, 0.15) is 18.1 Å². The number of hydrogen-bond donors (Lipinski definition) is 0. The topological polar surface area (TPSA) is 0 Å². The van der Waals surface area contributed by atoms with Crippen LogP contribution < -0.4 is 0 Å². The maximum absolute atomic E-state index is 5.88. The lowest BCUT2D eigenvalue weighted by molar-refractivity contribution is 0.922. The van der Waals surface area contributed by atoms with Crippen LogP contribution >= 0.6 is 11.6 Å². The first-order valence-electron chi connectivity index (χ1n) is 3.88. The molecule has 1 rings (SSSR count). The summed E-state index contributed by atoms with van der Waals surface area (Å²) in [5.41, 5.74) is 2.69. The zero-order valence-electron chi connectivity index (χ0n) is 6.97. The minimum absolute atomic E-state index is 0.232. The highest BCUT2D eigenvalue weighted by Gasteiger charge is 2.00. The van der Waals surface area contributed by atoms with Crippen LogP contribution in [0.25, 0.3) is 0 Å². The lowest BCUT2D eigenvalue weighted by Gasteiger charge is -2.05. The van der Waals surface area contributed by atoms with Crippen molar-refractivity contribution >= 4 is 11.6 Å². The fourth-order valence-corrected chi connectivity index (χ4v) is 1.31. The predicted octanol–water partition coefficient (Wildman–Crippen LogP) is 3.16. The summed E-state index contributed by atoms with van der Waals surface area (Å²) in [6, 6.07) is 8.36. The molecule has 1 unspecified atom stereocenters. The molecule has 1 atom stereocenters. The summed E-state index contributed by atoms with van der Waals surface area (Å²) in [5, 5.41) is 0.232. The van der Waals surface area contributed by atoms with Crippen LogP contribution in [0.4, 0.5) is 0 Å². The van der Waals surface area contributed by atoms with E-state index in [1.54, 1.807) is 0 Å². The van der Waals surface area contributed by atoms with Gasteiger partial charge in [0, 0.05) is 5.38 Å². The van der Waals surface area contributed by atoms with Gasteiger partial charge in [-0.05, 0) is 31.4 Å². The number of hydrogen-bond acceptors (Lipinski definition) is 0. The van der Waals surface area contributed by atoms with E-state index in [-0.39, 0.29) is 5.38 Å². The molecule has 0 saturated carbocycles. The Hall–Kier alpha value is -0.490. The van der Waals surface area contributed by atoms with E-state index in [1.807, 2.05) is 6.92 Å². The van der Waals surface area contributed by atoms with Gasteiger partial charge >= 0.3 is 0 Å². The molecule has 0 aliphatic rings. The molecule has 0 aromatic heterocycles. The van der Waals surface area contributed by atoms with Gasteiger partial charge < -0.3 is 0 Å². The van der Waals surface area contributed by atoms with Gasteiger partial charge in [-0.3, -0.25) is 0 Å². The van der Waals surface area contributed by atoms with E-state index in [4.69, 9.17) is 11.6 Å². The molecule has 0 spiro atoms. The number of aryl methyl sites for hydroxylation is 1. The van der Waals surface area contributed by atoms with Crippen molar-refractivity contribution in [2.75, 3.05) is 0 Å². The Morgan fingerprint density at radius 3 is 2.55 bits per heavy atom. The third-order valence-corrected chi connectivity index (χ3v) is 1.92. The molecule has 1 aromatic rings. The smallest absolute Gasteiger partial charge is 0.0348 e. The average molecular weight is 169 g/mol. The van der Waals surface area contributed by atoms with Gasteiger partial charge in [-0.1, -0.05) is 24.3 Å². The molecule has 0 fully saturated rings. The Morgan fingerprint density at radius 1 is 1.36 bits per heavy atom. The van der Waals surface area contributed by atoms with E-state index >= 15 is 0 Å². The SMILES string of the molecule is Cc1ccccc1CC(C)Cl. The van der Waals surface area contributed by atoms with Crippen molar-refractivity contribution in [3.05, 3.63) is 35.4 Å². The Balaban J connectivity index is 2.78. The number of rotatable bonds is 2. The average Bonchev–Trinajstić information content (AvgIpc) is 1.93. The van der Waals surface area contributed by atoms with Gasteiger partial charge in [0.2, 0.25) is 0 Å². The molecule has 60 valence electrons. The Bertz CT molecular complexity index is 228. The van der Waals surface area contributed by atoms with Crippen LogP contribution in [-0.2, 0) is 6.42 Å². The first-order valence-corrected chi connectivity index (χ1v) is 4.32. The number of halogens is 1. The van der Waals surface area contributed by atoms with Crippen molar-refractivity contribution < 1.29 is 0 Å². The van der Waals surface area contributed by atoms with Gasteiger partial charge in [0.1, 0.15) is 0 Å². The second-order valence-corrected chi connectivity index (χ2v) is 3.66. The van der Waals surface area contributed by atoms with Crippen LogP contribution in [0, 0.1) is 6.92 Å². The second kappa shape index (κ2) is 3.77. The lowest BCUT2D eigenvalue weighted by atomic mass is 10.0. The van der Waals surface area contributed by atoms with Crippen molar-refractivity contribution in [2.24, 2.45) is 0 Å². The fourth-order valence-electron chi connectivity index (χ4n) is 1.14. The molecule has 1 aromatic carbocycles. The normalized spacial score (nSPS) is 13.0. The van der Waals surface area contributed by atoms with Crippen molar-refractivity contribution in [1.29, 1.82) is 0 Å². The van der Waals surface area contributed by atoms with Crippen LogP contribution in [0.3, 0.4) is 0 Å². The second-order valence-electron chi connectivity index (χ2n) is 2.91. The largest absolute Gasteiger partial charge is 0.123 e. The van der Waals surface area contributed by atoms with E-state index in [0.29, 0.717) is 0 Å². The fraction of sp³-hybridized carbons (Fsp3) is 0.400. The summed E-state index contributed by atoms with van der Waals surface area (Å²) < 4.78 is 0. The lowest BCUT2D eigenvalue weighted by Crippen LogP contribution is -1.98. The first-order chi connectivity index (χ1) is 5.20. The van der Waals surface area contributed by atoms with Gasteiger partial charge in [-0.15, -0.1) is 11.6 Å². The summed E-state index contributed by atoms with van der Waals surface area (Å²) in [5.74, 6) is 0. The summed E-state index contributed by atoms with van der Waals surface area (Å²) in [7, 11) is 0. The van der Waals surface area contributed by atoms with Gasteiger partial charge in [0.15, 0.2) is 0 Å². The maximum atomic E-state index is 5.88. The van der Waals surface area contributed by atoms with E-state index in [2.05, 4.69) is 31.2 Å². The Morgan fingerprint density at radius 2 is 2.00 bits per heavy atom. The molecule has 0 bridgehead atoms. The zero-order chi connectivity index (χ0) is 8.27. The third-order valence-electron chi connectivity index (χ3n) is 1.76. The quantitative estimate of drug-likeness (QED) is 0.596. The molecule has 0 nitrogen and oxygen atoms in total. The van der Waals surface area contributed by atoms with Gasteiger partial charge in [0.25, 0.3) is 0 Å². The zero-order valence-corrected chi connectivity index (χ0v) is 7.73. The van der Waals surface area contributed by atoms with Gasteiger partial charge in [0.05, 0.1) is 0 Å². The summed E-state index contributed by atoms with van der Waals surface area (Å²) >= 11 is 5.88. The summed E-state index contributed by atoms with van der Waals surface area (Å²) in [4.78, 5) is 0. The van der Waals surface area contributed by atoms with Crippen LogP contribution in [-0.4, -0.2) is 5.38 Å². The number of benzene rings is 1. The van der Waals surface area contributed by atoms with Gasteiger partial charge in [-0.25, -0.2) is 0 Å². The van der Waals surface area contributed by atoms with E-state index in [1.165, 1.54) is 11.1 Å². The van der Waals surface area contributed by atoms with Crippen molar-refractivity contribution in [3.63, 3.8) is 0 Å². The van der Waals surface area contributed by atoms with E-state index in [9.17, 15) is 0 Å². The predicted molar refractivity (Wildman–Crippen MR) is 50.2 cm³/mol. The number of alkyl halides is 1. The minimum atomic E-state index is 0.232. The highest BCUT2D eigenvalue weighted by molar-refractivity contribution is 6.20. The minimum Gasteiger partial charge on any atom is -0.123 e. The monoisotopic (exact) mass is 168 g/mol. The van der Waals surface area contributed by atoms with Crippen LogP contribution in [0.2, 0.25) is 0 Å². The molecule has 0 radical (unpaired) electrons. The molecule has 0 amide bonds. The molecule has 0 heterocycles. The highest BCUT2D eigenvalue weighted by Crippen LogP contribution is 2.11. The molecule has 1 heteroatoms. The molecule has 0 aliphatic carbocycles. The standard InChI is InChI=1S/C10H13Cl/c1-8-5-3-4-6-10(8)7-9(2)11/h3-6,9H,7H2,1-2H3. The molecular weight excluding hydrogens is 156 g/mol. The van der Waals surface area contributed by atoms with E-state index in [0.717, 1.165) is 6.42 Å². The van der Waals surface area contributed by atoms with Crippen LogP contribution in [0.5, 0.6) is 0 Å². The van der Waals surface area contributed by atoms with Crippen molar-refractivity contribution in [2.45, 2.75) is 25.6 Å². The van der Waals surface area contributed by atoms with Gasteiger partial charge in [-0.2, -0.15) is 0 Å². The molecular formula is C10H13Cl. The van der Waals surface area contributed by atoms with Crippen molar-refractivity contribution in [3.8, 4) is 0 Å². The molecule has 0 N–H and O–H groups in total. The van der Waals surface area contributed by atoms with E-state index < -0.39 is 0 Å². The van der Waals surface area contributed by atoms with Crippen LogP contribution in [0.15, 0.2) is 24.3 Å². The first kappa shape index (κ1) is 8.61. The molecule has 0 aliphatic heterocycles. The molecule has 0 saturated heterocycles. The maximum Gasteiger partial charge on any atom is 0.0348 e. The summed E-state index contributed by atoms with van der Waals surface area (Å²) in [6.07, 6.45) is 0.966. The third kappa shape index (κ3) is 2.55. The Labute approximate surface area is 73.2 Å².